The van der Waals surface area contributed by atoms with Crippen molar-refractivity contribution >= 4 is 40.5 Å². The zero-order valence-corrected chi connectivity index (χ0v) is 14.9. The van der Waals surface area contributed by atoms with Gasteiger partial charge < -0.3 is 11.1 Å². The van der Waals surface area contributed by atoms with E-state index in [1.54, 1.807) is 42.6 Å². The minimum Gasteiger partial charge on any atom is -0.366 e. The molecule has 3 rings (SSSR count). The van der Waals surface area contributed by atoms with Gasteiger partial charge in [-0.2, -0.15) is 0 Å². The summed E-state index contributed by atoms with van der Waals surface area (Å²) in [5.74, 6) is 0.352. The Morgan fingerprint density at radius 2 is 2.04 bits per heavy atom. The number of anilines is 2. The zero-order valence-electron chi connectivity index (χ0n) is 13.3. The highest BCUT2D eigenvalue weighted by atomic mass is 32.2. The lowest BCUT2D eigenvalue weighted by Gasteiger charge is -2.09. The van der Waals surface area contributed by atoms with Gasteiger partial charge in [-0.1, -0.05) is 17.8 Å². The molecule has 0 aliphatic heterocycles. The molecule has 25 heavy (non-hydrogen) atoms. The van der Waals surface area contributed by atoms with Gasteiger partial charge in [-0.25, -0.2) is 0 Å². The van der Waals surface area contributed by atoms with Crippen molar-refractivity contribution in [1.82, 2.24) is 14.8 Å². The number of amides is 1. The largest absolute Gasteiger partial charge is 0.366 e. The molecule has 0 unspecified atom stereocenters. The third-order valence-electron chi connectivity index (χ3n) is 3.39. The Hall–Kier alpha value is -2.65. The van der Waals surface area contributed by atoms with Crippen LogP contribution in [0.1, 0.15) is 15.2 Å². The second kappa shape index (κ2) is 7.49. The van der Waals surface area contributed by atoms with Crippen LogP contribution in [0.3, 0.4) is 0 Å². The van der Waals surface area contributed by atoms with Gasteiger partial charge in [0.2, 0.25) is 11.7 Å². The maximum Gasteiger partial charge on any atom is 0.297 e. The molecule has 1 amide bonds. The fourth-order valence-electron chi connectivity index (χ4n) is 2.04. The summed E-state index contributed by atoms with van der Waals surface area (Å²) in [6.45, 7) is 0. The van der Waals surface area contributed by atoms with E-state index in [1.807, 2.05) is 17.5 Å². The number of hydrogen-bond donors (Lipinski definition) is 2. The molecule has 0 bridgehead atoms. The second-order valence-corrected chi connectivity index (χ2v) is 7.10. The summed E-state index contributed by atoms with van der Waals surface area (Å²) in [7, 11) is 1.66. The van der Waals surface area contributed by atoms with Crippen LogP contribution in [0.2, 0.25) is 0 Å². The predicted octanol–water partition coefficient (Wildman–Crippen LogP) is 2.37. The second-order valence-electron chi connectivity index (χ2n) is 5.13. The number of nitrogens with one attached hydrogen (secondary N) is 1. The van der Waals surface area contributed by atoms with Crippen molar-refractivity contribution < 1.29 is 4.79 Å². The first kappa shape index (κ1) is 17.2. The van der Waals surface area contributed by atoms with Crippen LogP contribution in [0, 0.1) is 0 Å². The summed E-state index contributed by atoms with van der Waals surface area (Å²) in [5.41, 5.74) is 5.94. The van der Waals surface area contributed by atoms with Gasteiger partial charge in [-0.05, 0) is 35.7 Å². The number of nitrogens with two attached hydrogens (primary N) is 1. The third kappa shape index (κ3) is 4.06. The summed E-state index contributed by atoms with van der Waals surface area (Å²) < 4.78 is 1.46. The van der Waals surface area contributed by atoms with E-state index in [4.69, 9.17) is 5.73 Å². The minimum atomic E-state index is -0.505. The standard InChI is InChI=1S/C16H15N5O2S2/c1-21-15(23)14(18-11-6-4-10(5-7-11)13(17)22)19-20-16(21)25-9-12-3-2-8-24-12/h2-8H,9H2,1H3,(H2,17,22)(H,18,19). The topological polar surface area (TPSA) is 103 Å². The van der Waals surface area contributed by atoms with Crippen LogP contribution in [-0.4, -0.2) is 20.7 Å². The number of rotatable bonds is 6. The van der Waals surface area contributed by atoms with Crippen molar-refractivity contribution in [2.24, 2.45) is 12.8 Å². The quantitative estimate of drug-likeness (QED) is 0.643. The molecule has 0 radical (unpaired) electrons. The van der Waals surface area contributed by atoms with Crippen LogP contribution < -0.4 is 16.6 Å². The molecule has 9 heteroatoms. The number of primary amides is 1. The first-order valence-corrected chi connectivity index (χ1v) is 9.17. The van der Waals surface area contributed by atoms with Crippen molar-refractivity contribution in [1.29, 1.82) is 0 Å². The molecule has 2 heterocycles. The summed E-state index contributed by atoms with van der Waals surface area (Å²) >= 11 is 3.12. The molecular formula is C16H15N5O2S2. The highest BCUT2D eigenvalue weighted by Gasteiger charge is 2.11. The summed E-state index contributed by atoms with van der Waals surface area (Å²) in [6.07, 6.45) is 0. The van der Waals surface area contributed by atoms with Crippen molar-refractivity contribution in [3.05, 3.63) is 62.6 Å². The van der Waals surface area contributed by atoms with Crippen molar-refractivity contribution in [3.8, 4) is 0 Å². The van der Waals surface area contributed by atoms with Gasteiger partial charge in [0, 0.05) is 28.9 Å². The Balaban J connectivity index is 1.75. The molecule has 0 aliphatic rings. The number of thioether (sulfide) groups is 1. The molecule has 1 aromatic carbocycles. The van der Waals surface area contributed by atoms with Gasteiger partial charge in [0.1, 0.15) is 0 Å². The number of carbonyl (C=O) groups excluding carboxylic acids is 1. The van der Waals surface area contributed by atoms with E-state index >= 15 is 0 Å². The van der Waals surface area contributed by atoms with E-state index in [2.05, 4.69) is 15.5 Å². The molecule has 0 spiro atoms. The van der Waals surface area contributed by atoms with Gasteiger partial charge >= 0.3 is 0 Å². The summed E-state index contributed by atoms with van der Waals surface area (Å²) in [5, 5.41) is 13.6. The Morgan fingerprint density at radius 1 is 1.28 bits per heavy atom. The number of benzene rings is 1. The van der Waals surface area contributed by atoms with Crippen molar-refractivity contribution in [2.75, 3.05) is 5.32 Å². The van der Waals surface area contributed by atoms with Crippen LogP contribution in [0.5, 0.6) is 0 Å². The molecule has 0 saturated heterocycles. The Morgan fingerprint density at radius 3 is 2.68 bits per heavy atom. The highest BCUT2D eigenvalue weighted by Crippen LogP contribution is 2.22. The molecule has 3 N–H and O–H groups in total. The molecule has 7 nitrogen and oxygen atoms in total. The number of hydrogen-bond acceptors (Lipinski definition) is 7. The molecular weight excluding hydrogens is 358 g/mol. The maximum atomic E-state index is 12.4. The van der Waals surface area contributed by atoms with Gasteiger partial charge in [-0.15, -0.1) is 21.5 Å². The van der Waals surface area contributed by atoms with Crippen LogP contribution in [0.25, 0.3) is 0 Å². The Bertz CT molecular complexity index is 936. The molecule has 0 aliphatic carbocycles. The lowest BCUT2D eigenvalue weighted by molar-refractivity contribution is 0.100. The van der Waals surface area contributed by atoms with Crippen LogP contribution in [-0.2, 0) is 12.8 Å². The molecule has 0 fully saturated rings. The van der Waals surface area contributed by atoms with Crippen LogP contribution in [0.15, 0.2) is 51.7 Å². The lowest BCUT2D eigenvalue weighted by Crippen LogP contribution is -2.24. The van der Waals surface area contributed by atoms with Crippen molar-refractivity contribution in [2.45, 2.75) is 10.9 Å². The van der Waals surface area contributed by atoms with E-state index in [0.29, 0.717) is 16.4 Å². The van der Waals surface area contributed by atoms with Gasteiger partial charge in [0.25, 0.3) is 5.56 Å². The maximum absolute atomic E-state index is 12.4. The summed E-state index contributed by atoms with van der Waals surface area (Å²) in [6, 6.07) is 10.5. The Kier molecular flexibility index (Phi) is 5.15. The Labute approximate surface area is 151 Å². The molecule has 0 saturated carbocycles. The molecule has 3 aromatic rings. The number of aromatic nitrogens is 3. The lowest BCUT2D eigenvalue weighted by atomic mass is 10.2. The average Bonchev–Trinajstić information content (AvgIpc) is 3.12. The minimum absolute atomic E-state index is 0.120. The fourth-order valence-corrected chi connectivity index (χ4v) is 3.72. The van der Waals surface area contributed by atoms with E-state index in [-0.39, 0.29) is 11.4 Å². The van der Waals surface area contributed by atoms with Crippen molar-refractivity contribution in [3.63, 3.8) is 0 Å². The predicted molar refractivity (Wildman–Crippen MR) is 99.4 cm³/mol. The van der Waals surface area contributed by atoms with E-state index in [0.717, 1.165) is 5.75 Å². The number of thiophene rings is 1. The van der Waals surface area contributed by atoms with Gasteiger partial charge in [-0.3, -0.25) is 14.2 Å². The smallest absolute Gasteiger partial charge is 0.297 e. The third-order valence-corrected chi connectivity index (χ3v) is 5.51. The average molecular weight is 373 g/mol. The SMILES string of the molecule is Cn1c(SCc2cccs2)nnc(Nc2ccc(C(N)=O)cc2)c1=O. The van der Waals surface area contributed by atoms with Crippen LogP contribution in [0.4, 0.5) is 11.5 Å². The van der Waals surface area contributed by atoms with E-state index in [1.165, 1.54) is 21.2 Å². The highest BCUT2D eigenvalue weighted by molar-refractivity contribution is 7.98. The first-order valence-electron chi connectivity index (χ1n) is 7.30. The normalized spacial score (nSPS) is 10.6. The number of nitrogens with zero attached hydrogens (tertiary/aromatic N) is 3. The van der Waals surface area contributed by atoms with Gasteiger partial charge in [0.15, 0.2) is 5.16 Å². The summed E-state index contributed by atoms with van der Waals surface area (Å²) in [4.78, 5) is 24.7. The first-order chi connectivity index (χ1) is 12.0. The molecule has 0 atom stereocenters. The zero-order chi connectivity index (χ0) is 17.8. The van der Waals surface area contributed by atoms with Crippen LogP contribution >= 0.6 is 23.1 Å². The molecule has 2 aromatic heterocycles. The molecule has 128 valence electrons. The number of carbonyl (C=O) groups is 1. The van der Waals surface area contributed by atoms with E-state index in [9.17, 15) is 9.59 Å². The monoisotopic (exact) mass is 373 g/mol. The van der Waals surface area contributed by atoms with E-state index < -0.39 is 5.91 Å². The van der Waals surface area contributed by atoms with Gasteiger partial charge in [0.05, 0.1) is 0 Å². The fraction of sp³-hybridized carbons (Fsp3) is 0.125.